The number of thioether (sulfide) groups is 1. The molecule has 0 saturated carbocycles. The summed E-state index contributed by atoms with van der Waals surface area (Å²) in [5.74, 6) is 0. The molecule has 0 unspecified atom stereocenters. The first kappa shape index (κ1) is 15.0. The Hall–Kier alpha value is -1.55. The molecule has 1 aliphatic rings. The molecular formula is C19H14ClNS2. The van der Waals surface area contributed by atoms with Gasteiger partial charge in [0.05, 0.1) is 11.4 Å². The van der Waals surface area contributed by atoms with Crippen molar-refractivity contribution in [1.29, 1.82) is 0 Å². The Morgan fingerprint density at radius 1 is 0.957 bits per heavy atom. The van der Waals surface area contributed by atoms with Crippen LogP contribution in [0.4, 0.5) is 5.69 Å². The van der Waals surface area contributed by atoms with Crippen molar-refractivity contribution in [2.75, 3.05) is 0 Å². The molecule has 0 aliphatic carbocycles. The van der Waals surface area contributed by atoms with Crippen LogP contribution in [0, 0.1) is 0 Å². The number of hydrogen-bond acceptors (Lipinski definition) is 3. The summed E-state index contributed by atoms with van der Waals surface area (Å²) in [5.41, 5.74) is 3.52. The minimum absolute atomic E-state index is 0.344. The number of fused-ring (bicyclic) bond motifs is 1. The van der Waals surface area contributed by atoms with Gasteiger partial charge in [-0.05, 0) is 41.3 Å². The summed E-state index contributed by atoms with van der Waals surface area (Å²) in [7, 11) is 0. The van der Waals surface area contributed by atoms with Gasteiger partial charge in [0.1, 0.15) is 0 Å². The van der Waals surface area contributed by atoms with Crippen LogP contribution >= 0.6 is 34.7 Å². The highest BCUT2D eigenvalue weighted by molar-refractivity contribution is 7.99. The molecule has 1 nitrogen and oxygen atoms in total. The monoisotopic (exact) mass is 355 g/mol. The first-order chi connectivity index (χ1) is 11.3. The smallest absolute Gasteiger partial charge is 0.0769 e. The fraction of sp³-hybridized carbons (Fsp3) is 0.105. The van der Waals surface area contributed by atoms with Crippen LogP contribution in [0.15, 0.2) is 75.9 Å². The minimum atomic E-state index is 0.344. The molecule has 1 aliphatic heterocycles. The highest BCUT2D eigenvalue weighted by Crippen LogP contribution is 2.45. The second-order valence-corrected chi connectivity index (χ2v) is 7.99. The lowest BCUT2D eigenvalue weighted by atomic mass is 10.1. The fourth-order valence-electron chi connectivity index (χ4n) is 2.67. The zero-order valence-corrected chi connectivity index (χ0v) is 14.7. The summed E-state index contributed by atoms with van der Waals surface area (Å²) < 4.78 is 0. The van der Waals surface area contributed by atoms with E-state index in [1.54, 1.807) is 11.3 Å². The zero-order valence-electron chi connectivity index (χ0n) is 12.3. The normalized spacial score (nSPS) is 17.3. The molecule has 0 N–H and O–H groups in total. The van der Waals surface area contributed by atoms with Crippen molar-refractivity contribution >= 4 is 46.1 Å². The van der Waals surface area contributed by atoms with Crippen molar-refractivity contribution in [2.45, 2.75) is 16.6 Å². The summed E-state index contributed by atoms with van der Waals surface area (Å²) in [5, 5.41) is 3.23. The van der Waals surface area contributed by atoms with Crippen LogP contribution < -0.4 is 0 Å². The largest absolute Gasteiger partial charge is 0.251 e. The Kier molecular flexibility index (Phi) is 4.25. The zero-order chi connectivity index (χ0) is 15.6. The summed E-state index contributed by atoms with van der Waals surface area (Å²) in [6.45, 7) is 0. The molecule has 4 heteroatoms. The molecule has 0 spiro atoms. The van der Waals surface area contributed by atoms with E-state index in [2.05, 4.69) is 53.9 Å². The third kappa shape index (κ3) is 3.23. The summed E-state index contributed by atoms with van der Waals surface area (Å²) in [6.07, 6.45) is 0.918. The van der Waals surface area contributed by atoms with Gasteiger partial charge in [0, 0.05) is 26.5 Å². The molecule has 23 heavy (non-hydrogen) atoms. The van der Waals surface area contributed by atoms with E-state index in [0.29, 0.717) is 5.25 Å². The molecule has 2 aromatic carbocycles. The highest BCUT2D eigenvalue weighted by atomic mass is 35.5. The lowest BCUT2D eigenvalue weighted by Gasteiger charge is -2.15. The van der Waals surface area contributed by atoms with Gasteiger partial charge in [-0.25, -0.2) is 0 Å². The highest BCUT2D eigenvalue weighted by Gasteiger charge is 2.22. The number of nitrogens with zero attached hydrogens (tertiary/aromatic N) is 1. The lowest BCUT2D eigenvalue weighted by molar-refractivity contribution is 1.01. The lowest BCUT2D eigenvalue weighted by Crippen LogP contribution is -2.03. The predicted molar refractivity (Wildman–Crippen MR) is 102 cm³/mol. The van der Waals surface area contributed by atoms with E-state index in [1.807, 2.05) is 23.9 Å². The summed E-state index contributed by atoms with van der Waals surface area (Å²) in [6, 6.07) is 20.8. The van der Waals surface area contributed by atoms with Gasteiger partial charge in [0.25, 0.3) is 0 Å². The predicted octanol–water partition coefficient (Wildman–Crippen LogP) is 6.76. The number of halogens is 1. The van der Waals surface area contributed by atoms with Gasteiger partial charge in [-0.1, -0.05) is 41.9 Å². The van der Waals surface area contributed by atoms with Crippen LogP contribution in [0.5, 0.6) is 0 Å². The van der Waals surface area contributed by atoms with Gasteiger partial charge in [0.2, 0.25) is 0 Å². The number of aliphatic imine (C=N–C) groups is 1. The third-order valence-electron chi connectivity index (χ3n) is 3.82. The maximum atomic E-state index is 6.04. The Bertz CT molecular complexity index is 838. The average Bonchev–Trinajstić information content (AvgIpc) is 3.03. The fourth-order valence-corrected chi connectivity index (χ4v) is 4.76. The van der Waals surface area contributed by atoms with Crippen LogP contribution in [-0.2, 0) is 0 Å². The van der Waals surface area contributed by atoms with Gasteiger partial charge in [-0.15, -0.1) is 23.1 Å². The molecule has 0 radical (unpaired) electrons. The maximum absolute atomic E-state index is 6.04. The van der Waals surface area contributed by atoms with Gasteiger partial charge in [-0.2, -0.15) is 0 Å². The van der Waals surface area contributed by atoms with Gasteiger partial charge < -0.3 is 0 Å². The number of thiophene rings is 1. The SMILES string of the molecule is Clc1ccc([C@H]2CC(c3cccs3)=Nc3ccccc3S2)cc1. The molecule has 2 heterocycles. The van der Waals surface area contributed by atoms with Crippen LogP contribution in [0.2, 0.25) is 5.02 Å². The van der Waals surface area contributed by atoms with Crippen LogP contribution in [-0.4, -0.2) is 5.71 Å². The molecule has 0 amide bonds. The standard InChI is InChI=1S/C19H14ClNS2/c20-14-9-7-13(8-10-14)19-12-16(17-6-3-11-22-17)21-15-4-1-2-5-18(15)23-19/h1-11,19H,12H2/t19-/m1/s1. The van der Waals surface area contributed by atoms with E-state index < -0.39 is 0 Å². The van der Waals surface area contributed by atoms with Gasteiger partial charge in [-0.3, -0.25) is 4.99 Å². The first-order valence-corrected chi connectivity index (χ1v) is 9.56. The third-order valence-corrected chi connectivity index (χ3v) is 6.31. The molecular weight excluding hydrogens is 342 g/mol. The van der Waals surface area contributed by atoms with Crippen LogP contribution in [0.3, 0.4) is 0 Å². The average molecular weight is 356 g/mol. The molecule has 3 aromatic rings. The Balaban J connectivity index is 1.78. The van der Waals surface area contributed by atoms with E-state index >= 15 is 0 Å². The van der Waals surface area contributed by atoms with Crippen molar-refractivity contribution in [1.82, 2.24) is 0 Å². The van der Waals surface area contributed by atoms with Gasteiger partial charge in [0.15, 0.2) is 0 Å². The van der Waals surface area contributed by atoms with E-state index in [1.165, 1.54) is 15.3 Å². The van der Waals surface area contributed by atoms with Crippen LogP contribution in [0.25, 0.3) is 0 Å². The second kappa shape index (κ2) is 6.52. The van der Waals surface area contributed by atoms with Crippen molar-refractivity contribution in [3.63, 3.8) is 0 Å². The van der Waals surface area contributed by atoms with Crippen molar-refractivity contribution in [3.8, 4) is 0 Å². The summed E-state index contributed by atoms with van der Waals surface area (Å²) >= 11 is 9.68. The number of para-hydroxylation sites is 1. The molecule has 114 valence electrons. The molecule has 1 atom stereocenters. The molecule has 0 saturated heterocycles. The molecule has 0 fully saturated rings. The van der Waals surface area contributed by atoms with E-state index in [-0.39, 0.29) is 0 Å². The van der Waals surface area contributed by atoms with Crippen molar-refractivity contribution < 1.29 is 0 Å². The summed E-state index contributed by atoms with van der Waals surface area (Å²) in [4.78, 5) is 7.44. The Labute approximate surface area is 149 Å². The Morgan fingerprint density at radius 2 is 1.78 bits per heavy atom. The first-order valence-electron chi connectivity index (χ1n) is 7.42. The maximum Gasteiger partial charge on any atom is 0.0769 e. The minimum Gasteiger partial charge on any atom is -0.251 e. The topological polar surface area (TPSA) is 12.4 Å². The van der Waals surface area contributed by atoms with E-state index in [4.69, 9.17) is 16.6 Å². The van der Waals surface area contributed by atoms with Crippen molar-refractivity contribution in [3.05, 3.63) is 81.5 Å². The molecule has 0 bridgehead atoms. The molecule has 1 aromatic heterocycles. The van der Waals surface area contributed by atoms with Crippen molar-refractivity contribution in [2.24, 2.45) is 4.99 Å². The van der Waals surface area contributed by atoms with E-state index in [9.17, 15) is 0 Å². The number of rotatable bonds is 2. The molecule has 4 rings (SSSR count). The number of hydrogen-bond donors (Lipinski definition) is 0. The van der Waals surface area contributed by atoms with E-state index in [0.717, 1.165) is 22.8 Å². The van der Waals surface area contributed by atoms with Crippen LogP contribution in [0.1, 0.15) is 22.1 Å². The Morgan fingerprint density at radius 3 is 2.57 bits per heavy atom. The van der Waals surface area contributed by atoms with Gasteiger partial charge >= 0.3 is 0 Å². The quantitative estimate of drug-likeness (QED) is 0.494. The number of benzene rings is 2. The second-order valence-electron chi connectivity index (χ2n) is 5.37.